The molecule has 2 nitrogen and oxygen atoms in total. The van der Waals surface area contributed by atoms with Crippen molar-refractivity contribution in [2.45, 2.75) is 44.4 Å². The van der Waals surface area contributed by atoms with Crippen LogP contribution in [0, 0.1) is 5.92 Å². The topological polar surface area (TPSA) is 20.3 Å². The van der Waals surface area contributed by atoms with Crippen molar-refractivity contribution in [1.29, 1.82) is 0 Å². The molecule has 1 aromatic carbocycles. The van der Waals surface area contributed by atoms with E-state index in [2.05, 4.69) is 54.3 Å². The van der Waals surface area contributed by atoms with Crippen molar-refractivity contribution in [2.24, 2.45) is 5.92 Å². The van der Waals surface area contributed by atoms with Crippen LogP contribution in [0.4, 0.5) is 0 Å². The number of hydrogen-bond acceptors (Lipinski definition) is 1. The zero-order valence-corrected chi connectivity index (χ0v) is 12.9. The van der Waals surface area contributed by atoms with Crippen LogP contribution in [0.2, 0.25) is 0 Å². The number of piperidine rings is 1. The molecule has 1 saturated heterocycles. The van der Waals surface area contributed by atoms with Gasteiger partial charge in [-0.1, -0.05) is 49.4 Å². The lowest BCUT2D eigenvalue weighted by Crippen LogP contribution is -2.46. The van der Waals surface area contributed by atoms with Gasteiger partial charge >= 0.3 is 0 Å². The predicted octanol–water partition coefficient (Wildman–Crippen LogP) is 3.92. The molecule has 0 bridgehead atoms. The molecule has 1 fully saturated rings. The van der Waals surface area contributed by atoms with Crippen LogP contribution in [0.25, 0.3) is 0 Å². The standard InChI is InChI=1S/C19H25NO/c1-19(17-10-6-3-7-11-17)12-14-20(15-13-19)18(21)16-8-4-2-5-9-16/h3-4,6-8,10-11,16H,2,5,9,12-15H2,1H3. The van der Waals surface area contributed by atoms with Gasteiger partial charge in [0, 0.05) is 13.1 Å². The lowest BCUT2D eigenvalue weighted by molar-refractivity contribution is -0.135. The molecule has 1 aromatic rings. The molecule has 1 amide bonds. The molecule has 3 rings (SSSR count). The van der Waals surface area contributed by atoms with Crippen molar-refractivity contribution in [2.75, 3.05) is 13.1 Å². The Morgan fingerprint density at radius 2 is 1.90 bits per heavy atom. The van der Waals surface area contributed by atoms with E-state index in [-0.39, 0.29) is 11.3 Å². The summed E-state index contributed by atoms with van der Waals surface area (Å²) in [6.45, 7) is 4.13. The number of allylic oxidation sites excluding steroid dienone is 1. The summed E-state index contributed by atoms with van der Waals surface area (Å²) < 4.78 is 0. The number of rotatable bonds is 2. The average Bonchev–Trinajstić information content (AvgIpc) is 2.57. The summed E-state index contributed by atoms with van der Waals surface area (Å²) in [4.78, 5) is 14.7. The van der Waals surface area contributed by atoms with E-state index < -0.39 is 0 Å². The summed E-state index contributed by atoms with van der Waals surface area (Å²) in [6, 6.07) is 10.7. The van der Waals surface area contributed by atoms with Gasteiger partial charge in [0.05, 0.1) is 5.92 Å². The van der Waals surface area contributed by atoms with E-state index in [0.717, 1.165) is 45.2 Å². The van der Waals surface area contributed by atoms with E-state index in [0.29, 0.717) is 5.91 Å². The fourth-order valence-electron chi connectivity index (χ4n) is 3.60. The minimum atomic E-state index is 0.139. The van der Waals surface area contributed by atoms with Crippen LogP contribution in [0.3, 0.4) is 0 Å². The summed E-state index contributed by atoms with van der Waals surface area (Å²) in [7, 11) is 0. The second kappa shape index (κ2) is 6.05. The maximum absolute atomic E-state index is 12.6. The monoisotopic (exact) mass is 283 g/mol. The molecular formula is C19H25NO. The number of benzene rings is 1. The van der Waals surface area contributed by atoms with Gasteiger partial charge in [0.1, 0.15) is 0 Å². The molecule has 112 valence electrons. The van der Waals surface area contributed by atoms with Gasteiger partial charge in [-0.3, -0.25) is 4.79 Å². The van der Waals surface area contributed by atoms with Crippen LogP contribution in [-0.4, -0.2) is 23.9 Å². The lowest BCUT2D eigenvalue weighted by Gasteiger charge is -2.41. The molecule has 0 spiro atoms. The molecule has 1 heterocycles. The highest BCUT2D eigenvalue weighted by Gasteiger charge is 2.34. The van der Waals surface area contributed by atoms with E-state index in [9.17, 15) is 4.79 Å². The number of carbonyl (C=O) groups is 1. The molecule has 2 aliphatic rings. The summed E-state index contributed by atoms with van der Waals surface area (Å²) >= 11 is 0. The molecule has 0 saturated carbocycles. The van der Waals surface area contributed by atoms with Gasteiger partial charge in [0.2, 0.25) is 5.91 Å². The normalized spacial score (nSPS) is 24.8. The highest BCUT2D eigenvalue weighted by molar-refractivity contribution is 5.80. The highest BCUT2D eigenvalue weighted by atomic mass is 16.2. The molecule has 1 aliphatic carbocycles. The maximum atomic E-state index is 12.6. The van der Waals surface area contributed by atoms with E-state index in [1.807, 2.05) is 0 Å². The molecular weight excluding hydrogens is 258 g/mol. The van der Waals surface area contributed by atoms with Crippen LogP contribution in [0.1, 0.15) is 44.6 Å². The molecule has 2 heteroatoms. The van der Waals surface area contributed by atoms with Crippen molar-refractivity contribution in [3.63, 3.8) is 0 Å². The van der Waals surface area contributed by atoms with Gasteiger partial charge in [0.25, 0.3) is 0 Å². The largest absolute Gasteiger partial charge is 0.342 e. The van der Waals surface area contributed by atoms with E-state index >= 15 is 0 Å². The third-order valence-corrected chi connectivity index (χ3v) is 5.22. The van der Waals surface area contributed by atoms with Crippen molar-refractivity contribution < 1.29 is 4.79 Å². The molecule has 0 aromatic heterocycles. The third kappa shape index (κ3) is 3.04. The maximum Gasteiger partial charge on any atom is 0.229 e. The predicted molar refractivity (Wildman–Crippen MR) is 86.1 cm³/mol. The fourth-order valence-corrected chi connectivity index (χ4v) is 3.60. The summed E-state index contributed by atoms with van der Waals surface area (Å²) in [5.41, 5.74) is 1.63. The zero-order chi connectivity index (χ0) is 14.7. The van der Waals surface area contributed by atoms with Crippen LogP contribution < -0.4 is 0 Å². The molecule has 21 heavy (non-hydrogen) atoms. The summed E-state index contributed by atoms with van der Waals surface area (Å²) in [6.07, 6.45) is 9.75. The first-order valence-electron chi connectivity index (χ1n) is 8.20. The Bertz CT molecular complexity index is 512. The molecule has 1 atom stereocenters. The van der Waals surface area contributed by atoms with Crippen molar-refractivity contribution in [3.05, 3.63) is 48.0 Å². The number of amides is 1. The Hall–Kier alpha value is -1.57. The third-order valence-electron chi connectivity index (χ3n) is 5.22. The fraction of sp³-hybridized carbons (Fsp3) is 0.526. The molecule has 0 radical (unpaired) electrons. The Labute approximate surface area is 127 Å². The van der Waals surface area contributed by atoms with E-state index in [1.54, 1.807) is 0 Å². The SMILES string of the molecule is CC1(c2ccccc2)CCN(C(=O)C2C=CCCC2)CC1. The first-order chi connectivity index (χ1) is 10.2. The van der Waals surface area contributed by atoms with Crippen LogP contribution in [0.5, 0.6) is 0 Å². The van der Waals surface area contributed by atoms with Gasteiger partial charge in [-0.15, -0.1) is 0 Å². The minimum absolute atomic E-state index is 0.139. The Morgan fingerprint density at radius 3 is 2.52 bits per heavy atom. The summed E-state index contributed by atoms with van der Waals surface area (Å²) in [5.74, 6) is 0.487. The average molecular weight is 283 g/mol. The van der Waals surface area contributed by atoms with Gasteiger partial charge in [0.15, 0.2) is 0 Å². The van der Waals surface area contributed by atoms with Gasteiger partial charge in [-0.2, -0.15) is 0 Å². The zero-order valence-electron chi connectivity index (χ0n) is 12.9. The van der Waals surface area contributed by atoms with E-state index in [1.165, 1.54) is 5.56 Å². The van der Waals surface area contributed by atoms with Crippen molar-refractivity contribution >= 4 is 5.91 Å². The Morgan fingerprint density at radius 1 is 1.19 bits per heavy atom. The quantitative estimate of drug-likeness (QED) is 0.753. The summed E-state index contributed by atoms with van der Waals surface area (Å²) in [5, 5.41) is 0. The second-order valence-corrected chi connectivity index (χ2v) is 6.72. The number of hydrogen-bond donors (Lipinski definition) is 0. The van der Waals surface area contributed by atoms with Crippen molar-refractivity contribution in [3.8, 4) is 0 Å². The van der Waals surface area contributed by atoms with Crippen molar-refractivity contribution in [1.82, 2.24) is 4.90 Å². The second-order valence-electron chi connectivity index (χ2n) is 6.72. The van der Waals surface area contributed by atoms with E-state index in [4.69, 9.17) is 0 Å². The first-order valence-corrected chi connectivity index (χ1v) is 8.20. The Kier molecular flexibility index (Phi) is 4.14. The first kappa shape index (κ1) is 14.4. The van der Waals surface area contributed by atoms with Crippen LogP contribution in [0.15, 0.2) is 42.5 Å². The number of carbonyl (C=O) groups excluding carboxylic acids is 1. The molecule has 0 N–H and O–H groups in total. The van der Waals surface area contributed by atoms with Gasteiger partial charge in [-0.25, -0.2) is 0 Å². The number of nitrogens with zero attached hydrogens (tertiary/aromatic N) is 1. The lowest BCUT2D eigenvalue weighted by atomic mass is 9.74. The van der Waals surface area contributed by atoms with Crippen LogP contribution >= 0.6 is 0 Å². The molecule has 1 aliphatic heterocycles. The Balaban J connectivity index is 1.63. The molecule has 1 unspecified atom stereocenters. The highest BCUT2D eigenvalue weighted by Crippen LogP contribution is 2.35. The number of likely N-dealkylation sites (tertiary alicyclic amines) is 1. The van der Waals surface area contributed by atoms with Crippen LogP contribution in [-0.2, 0) is 10.2 Å². The smallest absolute Gasteiger partial charge is 0.229 e. The minimum Gasteiger partial charge on any atom is -0.342 e. The van der Waals surface area contributed by atoms with Gasteiger partial charge in [-0.05, 0) is 43.1 Å². The van der Waals surface area contributed by atoms with Gasteiger partial charge < -0.3 is 4.90 Å².